The molecule has 1 aliphatic carbocycles. The van der Waals surface area contributed by atoms with E-state index in [9.17, 15) is 0 Å². The normalized spacial score (nSPS) is 22.0. The summed E-state index contributed by atoms with van der Waals surface area (Å²) in [7, 11) is 1.74. The first-order valence-electron chi connectivity index (χ1n) is 8.13. The van der Waals surface area contributed by atoms with Crippen molar-refractivity contribution >= 4 is 15.9 Å². The highest BCUT2D eigenvalue weighted by molar-refractivity contribution is 9.10. The summed E-state index contributed by atoms with van der Waals surface area (Å²) in [6.45, 7) is 6.84. The second-order valence-electron chi connectivity index (χ2n) is 6.66. The molecule has 1 saturated carbocycles. The van der Waals surface area contributed by atoms with Crippen molar-refractivity contribution in [3.05, 3.63) is 28.2 Å². The Morgan fingerprint density at radius 3 is 2.76 bits per heavy atom. The molecule has 1 N–H and O–H groups in total. The highest BCUT2D eigenvalue weighted by Crippen LogP contribution is 2.36. The summed E-state index contributed by atoms with van der Waals surface area (Å²) in [6, 6.07) is 6.31. The number of nitrogens with one attached hydrogen (secondary N) is 1. The maximum absolute atomic E-state index is 5.36. The van der Waals surface area contributed by atoms with Gasteiger partial charge in [-0.25, -0.2) is 0 Å². The second-order valence-corrected chi connectivity index (χ2v) is 7.52. The zero-order valence-electron chi connectivity index (χ0n) is 13.5. The van der Waals surface area contributed by atoms with E-state index in [1.165, 1.54) is 35.8 Å². The van der Waals surface area contributed by atoms with Crippen LogP contribution >= 0.6 is 15.9 Å². The summed E-state index contributed by atoms with van der Waals surface area (Å²) in [5.41, 5.74) is 1.38. The average molecular weight is 354 g/mol. The zero-order valence-corrected chi connectivity index (χ0v) is 15.1. The Bertz CT molecular complexity index is 447. The van der Waals surface area contributed by atoms with Crippen molar-refractivity contribution in [1.82, 2.24) is 5.32 Å². The highest BCUT2D eigenvalue weighted by Gasteiger charge is 2.27. The van der Waals surface area contributed by atoms with Crippen molar-refractivity contribution in [3.8, 4) is 5.75 Å². The first-order chi connectivity index (χ1) is 10.1. The summed E-state index contributed by atoms with van der Waals surface area (Å²) in [5, 5.41) is 3.64. The predicted molar refractivity (Wildman–Crippen MR) is 92.9 cm³/mol. The van der Waals surface area contributed by atoms with Crippen molar-refractivity contribution in [2.45, 2.75) is 39.5 Å². The molecular formula is C18H28BrNO. The van der Waals surface area contributed by atoms with E-state index in [2.05, 4.69) is 47.2 Å². The second kappa shape index (κ2) is 8.19. The Morgan fingerprint density at radius 2 is 2.05 bits per heavy atom. The number of hydrogen-bond donors (Lipinski definition) is 1. The van der Waals surface area contributed by atoms with Crippen LogP contribution in [0.5, 0.6) is 5.75 Å². The van der Waals surface area contributed by atoms with E-state index >= 15 is 0 Å². The lowest BCUT2D eigenvalue weighted by Crippen LogP contribution is -2.29. The Morgan fingerprint density at radius 1 is 1.29 bits per heavy atom. The van der Waals surface area contributed by atoms with Gasteiger partial charge >= 0.3 is 0 Å². The number of methoxy groups -OCH3 is 1. The average Bonchev–Trinajstić information content (AvgIpc) is 2.88. The van der Waals surface area contributed by atoms with E-state index in [1.54, 1.807) is 7.11 Å². The lowest BCUT2D eigenvalue weighted by Gasteiger charge is -2.21. The van der Waals surface area contributed by atoms with Gasteiger partial charge in [0.15, 0.2) is 0 Å². The van der Waals surface area contributed by atoms with E-state index < -0.39 is 0 Å². The molecule has 1 fully saturated rings. The van der Waals surface area contributed by atoms with Crippen molar-refractivity contribution in [2.24, 2.45) is 17.8 Å². The summed E-state index contributed by atoms with van der Waals surface area (Å²) in [5.74, 6) is 3.31. The van der Waals surface area contributed by atoms with Crippen LogP contribution in [0.2, 0.25) is 0 Å². The maximum Gasteiger partial charge on any atom is 0.119 e. The molecule has 0 aliphatic heterocycles. The maximum atomic E-state index is 5.36. The summed E-state index contributed by atoms with van der Waals surface area (Å²) < 4.78 is 6.57. The molecule has 3 heteroatoms. The number of ether oxygens (including phenoxy) is 1. The SMILES string of the molecule is COc1ccc(Br)c(CC2CCCC2CNCC(C)C)c1. The smallest absolute Gasteiger partial charge is 0.119 e. The molecule has 0 spiro atoms. The van der Waals surface area contributed by atoms with Crippen molar-refractivity contribution in [2.75, 3.05) is 20.2 Å². The van der Waals surface area contributed by atoms with Gasteiger partial charge in [0.05, 0.1) is 7.11 Å². The fourth-order valence-electron chi connectivity index (χ4n) is 3.33. The van der Waals surface area contributed by atoms with Crippen LogP contribution in [0, 0.1) is 17.8 Å². The Balaban J connectivity index is 1.94. The van der Waals surface area contributed by atoms with Crippen LogP contribution in [-0.4, -0.2) is 20.2 Å². The predicted octanol–water partition coefficient (Wildman–Crippen LogP) is 4.66. The molecule has 2 nitrogen and oxygen atoms in total. The van der Waals surface area contributed by atoms with Gasteiger partial charge in [0, 0.05) is 4.47 Å². The molecule has 0 heterocycles. The molecule has 2 atom stereocenters. The molecule has 1 aromatic carbocycles. The largest absolute Gasteiger partial charge is 0.497 e. The molecule has 0 radical (unpaired) electrons. The number of hydrogen-bond acceptors (Lipinski definition) is 2. The molecule has 0 aromatic heterocycles. The third-order valence-electron chi connectivity index (χ3n) is 4.51. The van der Waals surface area contributed by atoms with Crippen LogP contribution in [0.1, 0.15) is 38.7 Å². The van der Waals surface area contributed by atoms with E-state index in [4.69, 9.17) is 4.74 Å². The Kier molecular flexibility index (Phi) is 6.56. The molecule has 118 valence electrons. The first-order valence-corrected chi connectivity index (χ1v) is 8.92. The van der Waals surface area contributed by atoms with Crippen LogP contribution in [-0.2, 0) is 6.42 Å². The molecule has 1 aromatic rings. The van der Waals surface area contributed by atoms with Gasteiger partial charge in [-0.1, -0.05) is 36.2 Å². The van der Waals surface area contributed by atoms with Gasteiger partial charge in [0.2, 0.25) is 0 Å². The van der Waals surface area contributed by atoms with Gasteiger partial charge in [-0.3, -0.25) is 0 Å². The summed E-state index contributed by atoms with van der Waals surface area (Å²) >= 11 is 3.69. The summed E-state index contributed by atoms with van der Waals surface area (Å²) in [6.07, 6.45) is 5.26. The number of rotatable bonds is 7. The van der Waals surface area contributed by atoms with Gasteiger partial charge in [-0.05, 0) is 73.9 Å². The van der Waals surface area contributed by atoms with E-state index in [0.29, 0.717) is 0 Å². The third kappa shape index (κ3) is 5.00. The van der Waals surface area contributed by atoms with Gasteiger partial charge in [0.1, 0.15) is 5.75 Å². The Labute approximate surface area is 137 Å². The third-order valence-corrected chi connectivity index (χ3v) is 5.28. The Hall–Kier alpha value is -0.540. The van der Waals surface area contributed by atoms with Crippen molar-refractivity contribution < 1.29 is 4.74 Å². The molecule has 2 rings (SSSR count). The van der Waals surface area contributed by atoms with Gasteiger partial charge in [-0.15, -0.1) is 0 Å². The number of benzene rings is 1. The fourth-order valence-corrected chi connectivity index (χ4v) is 3.73. The highest BCUT2D eigenvalue weighted by atomic mass is 79.9. The molecule has 0 bridgehead atoms. The minimum absolute atomic E-state index is 0.734. The van der Waals surface area contributed by atoms with Crippen molar-refractivity contribution in [3.63, 3.8) is 0 Å². The molecule has 1 aliphatic rings. The van der Waals surface area contributed by atoms with Crippen LogP contribution in [0.3, 0.4) is 0 Å². The molecule has 0 amide bonds. The van der Waals surface area contributed by atoms with Crippen LogP contribution < -0.4 is 10.1 Å². The van der Waals surface area contributed by atoms with Crippen molar-refractivity contribution in [1.29, 1.82) is 0 Å². The molecule has 21 heavy (non-hydrogen) atoms. The van der Waals surface area contributed by atoms with Crippen LogP contribution in [0.4, 0.5) is 0 Å². The quantitative estimate of drug-likeness (QED) is 0.769. The van der Waals surface area contributed by atoms with Gasteiger partial charge < -0.3 is 10.1 Å². The van der Waals surface area contributed by atoms with Gasteiger partial charge in [-0.2, -0.15) is 0 Å². The standard InChI is InChI=1S/C18H28BrNO/c1-13(2)11-20-12-15-6-4-5-14(15)9-16-10-17(21-3)7-8-18(16)19/h7-8,10,13-15,20H,4-6,9,11-12H2,1-3H3. The molecule has 0 saturated heterocycles. The van der Waals surface area contributed by atoms with Crippen LogP contribution in [0.15, 0.2) is 22.7 Å². The lowest BCUT2D eigenvalue weighted by atomic mass is 9.89. The van der Waals surface area contributed by atoms with Crippen LogP contribution in [0.25, 0.3) is 0 Å². The molecule has 2 unspecified atom stereocenters. The minimum atomic E-state index is 0.734. The van der Waals surface area contributed by atoms with E-state index in [-0.39, 0.29) is 0 Å². The number of halogens is 1. The topological polar surface area (TPSA) is 21.3 Å². The van der Waals surface area contributed by atoms with Gasteiger partial charge in [0.25, 0.3) is 0 Å². The fraction of sp³-hybridized carbons (Fsp3) is 0.667. The van der Waals surface area contributed by atoms with E-state index in [1.807, 2.05) is 6.07 Å². The summed E-state index contributed by atoms with van der Waals surface area (Å²) in [4.78, 5) is 0. The first kappa shape index (κ1) is 16.8. The lowest BCUT2D eigenvalue weighted by molar-refractivity contribution is 0.356. The minimum Gasteiger partial charge on any atom is -0.497 e. The zero-order chi connectivity index (χ0) is 15.2. The molecular weight excluding hydrogens is 326 g/mol. The monoisotopic (exact) mass is 353 g/mol. The van der Waals surface area contributed by atoms with E-state index in [0.717, 1.165) is 36.5 Å².